The van der Waals surface area contributed by atoms with Crippen LogP contribution in [0.25, 0.3) is 0 Å². The Morgan fingerprint density at radius 2 is 1.88 bits per heavy atom. The molecular weight excluding hydrogens is 212 g/mol. The van der Waals surface area contributed by atoms with Crippen LogP contribution in [-0.2, 0) is 0 Å². The third-order valence-corrected chi connectivity index (χ3v) is 2.94. The van der Waals surface area contributed by atoms with Gasteiger partial charge >= 0.3 is 0 Å². The van der Waals surface area contributed by atoms with E-state index in [-0.39, 0.29) is 11.5 Å². The van der Waals surface area contributed by atoms with Crippen LogP contribution in [0.2, 0.25) is 0 Å². The van der Waals surface area contributed by atoms with Crippen LogP contribution in [-0.4, -0.2) is 22.7 Å². The fourth-order valence-electron chi connectivity index (χ4n) is 2.07. The molecular formula is C14H24N2O. The molecule has 1 heterocycles. The number of pyridine rings is 1. The fourth-order valence-corrected chi connectivity index (χ4v) is 2.07. The number of aliphatic hydroxyl groups is 1. The number of aliphatic hydroxyl groups excluding tert-OH is 1. The van der Waals surface area contributed by atoms with Crippen LogP contribution in [0.5, 0.6) is 0 Å². The van der Waals surface area contributed by atoms with Crippen LogP contribution in [0.1, 0.15) is 45.7 Å². The highest BCUT2D eigenvalue weighted by Crippen LogP contribution is 2.22. The maximum absolute atomic E-state index is 9.43. The molecule has 96 valence electrons. The maximum atomic E-state index is 9.43. The van der Waals surface area contributed by atoms with Crippen LogP contribution < -0.4 is 5.32 Å². The summed E-state index contributed by atoms with van der Waals surface area (Å²) in [6.07, 6.45) is 4.19. The lowest BCUT2D eigenvalue weighted by Crippen LogP contribution is -2.33. The summed E-state index contributed by atoms with van der Waals surface area (Å²) in [4.78, 5) is 4.02. The van der Waals surface area contributed by atoms with Crippen molar-refractivity contribution in [3.05, 3.63) is 30.1 Å². The van der Waals surface area contributed by atoms with Crippen LogP contribution >= 0.6 is 0 Å². The normalized spacial score (nSPS) is 15.6. The standard InChI is InChI=1S/C14H24N2O/c1-11(17)9-14(3,4)10-16-12(2)13-5-7-15-8-6-13/h5-8,11-12,16-17H,9-10H2,1-4H3. The van der Waals surface area contributed by atoms with Crippen LogP contribution in [0, 0.1) is 5.41 Å². The fraction of sp³-hybridized carbons (Fsp3) is 0.643. The van der Waals surface area contributed by atoms with Crippen molar-refractivity contribution in [1.82, 2.24) is 10.3 Å². The number of nitrogens with one attached hydrogen (secondary N) is 1. The molecule has 0 aliphatic rings. The molecule has 1 aromatic rings. The monoisotopic (exact) mass is 236 g/mol. The summed E-state index contributed by atoms with van der Waals surface area (Å²) in [6.45, 7) is 9.22. The summed E-state index contributed by atoms with van der Waals surface area (Å²) >= 11 is 0. The Balaban J connectivity index is 2.45. The molecule has 2 atom stereocenters. The first-order valence-corrected chi connectivity index (χ1v) is 6.22. The van der Waals surface area contributed by atoms with Gasteiger partial charge in [-0.25, -0.2) is 0 Å². The van der Waals surface area contributed by atoms with E-state index in [1.807, 2.05) is 31.5 Å². The van der Waals surface area contributed by atoms with Gasteiger partial charge in [-0.2, -0.15) is 0 Å². The Morgan fingerprint density at radius 1 is 1.29 bits per heavy atom. The van der Waals surface area contributed by atoms with Gasteiger partial charge in [0.2, 0.25) is 0 Å². The van der Waals surface area contributed by atoms with Gasteiger partial charge in [0.15, 0.2) is 0 Å². The molecule has 0 saturated heterocycles. The van der Waals surface area contributed by atoms with Crippen LogP contribution in [0.4, 0.5) is 0 Å². The quantitative estimate of drug-likeness (QED) is 0.798. The van der Waals surface area contributed by atoms with Crippen molar-refractivity contribution in [3.8, 4) is 0 Å². The number of hydrogen-bond acceptors (Lipinski definition) is 3. The number of nitrogens with zero attached hydrogens (tertiary/aromatic N) is 1. The van der Waals surface area contributed by atoms with Gasteiger partial charge in [0, 0.05) is 25.0 Å². The van der Waals surface area contributed by atoms with E-state index in [1.165, 1.54) is 5.56 Å². The van der Waals surface area contributed by atoms with E-state index >= 15 is 0 Å². The van der Waals surface area contributed by atoms with E-state index in [1.54, 1.807) is 0 Å². The molecule has 1 aromatic heterocycles. The van der Waals surface area contributed by atoms with Gasteiger partial charge in [-0.15, -0.1) is 0 Å². The minimum absolute atomic E-state index is 0.107. The number of aromatic nitrogens is 1. The topological polar surface area (TPSA) is 45.1 Å². The van der Waals surface area contributed by atoms with Gasteiger partial charge in [-0.05, 0) is 43.4 Å². The first kappa shape index (κ1) is 14.1. The Kier molecular flexibility index (Phi) is 5.09. The summed E-state index contributed by atoms with van der Waals surface area (Å²) in [5.74, 6) is 0. The van der Waals surface area contributed by atoms with Gasteiger partial charge in [0.05, 0.1) is 6.10 Å². The average Bonchev–Trinajstić information content (AvgIpc) is 2.25. The summed E-state index contributed by atoms with van der Waals surface area (Å²) in [7, 11) is 0. The van der Waals surface area contributed by atoms with Gasteiger partial charge in [-0.3, -0.25) is 4.98 Å². The molecule has 0 aliphatic carbocycles. The van der Waals surface area contributed by atoms with Crippen LogP contribution in [0.15, 0.2) is 24.5 Å². The van der Waals surface area contributed by atoms with E-state index < -0.39 is 0 Å². The summed E-state index contributed by atoms with van der Waals surface area (Å²) in [5.41, 5.74) is 1.35. The highest BCUT2D eigenvalue weighted by molar-refractivity contribution is 5.13. The molecule has 0 spiro atoms. The highest BCUT2D eigenvalue weighted by Gasteiger charge is 2.20. The van der Waals surface area contributed by atoms with Gasteiger partial charge in [-0.1, -0.05) is 13.8 Å². The molecule has 0 aromatic carbocycles. The van der Waals surface area contributed by atoms with Crippen molar-refractivity contribution in [1.29, 1.82) is 0 Å². The summed E-state index contributed by atoms with van der Waals surface area (Å²) in [6, 6.07) is 4.37. The lowest BCUT2D eigenvalue weighted by atomic mass is 9.86. The smallest absolute Gasteiger partial charge is 0.0517 e. The van der Waals surface area contributed by atoms with E-state index in [2.05, 4.69) is 31.1 Å². The lowest BCUT2D eigenvalue weighted by Gasteiger charge is -2.28. The van der Waals surface area contributed by atoms with E-state index in [0.717, 1.165) is 13.0 Å². The zero-order valence-corrected chi connectivity index (χ0v) is 11.3. The van der Waals surface area contributed by atoms with Crippen molar-refractivity contribution < 1.29 is 5.11 Å². The molecule has 0 radical (unpaired) electrons. The second kappa shape index (κ2) is 6.12. The molecule has 3 nitrogen and oxygen atoms in total. The van der Waals surface area contributed by atoms with E-state index in [0.29, 0.717) is 6.04 Å². The predicted octanol–water partition coefficient (Wildman–Crippen LogP) is 2.53. The minimum atomic E-state index is -0.247. The number of rotatable bonds is 6. The SMILES string of the molecule is CC(O)CC(C)(C)CNC(C)c1ccncc1. The molecule has 17 heavy (non-hydrogen) atoms. The molecule has 0 aliphatic heterocycles. The second-order valence-corrected chi connectivity index (χ2v) is 5.60. The highest BCUT2D eigenvalue weighted by atomic mass is 16.3. The van der Waals surface area contributed by atoms with E-state index in [4.69, 9.17) is 0 Å². The first-order valence-electron chi connectivity index (χ1n) is 6.22. The van der Waals surface area contributed by atoms with Gasteiger partial charge < -0.3 is 10.4 Å². The molecule has 0 fully saturated rings. The first-order chi connectivity index (χ1) is 7.91. The average molecular weight is 236 g/mol. The number of hydrogen-bond donors (Lipinski definition) is 2. The Morgan fingerprint density at radius 3 is 2.41 bits per heavy atom. The molecule has 0 bridgehead atoms. The summed E-state index contributed by atoms with van der Waals surface area (Å²) < 4.78 is 0. The Bertz CT molecular complexity index is 322. The van der Waals surface area contributed by atoms with Crippen molar-refractivity contribution in [2.24, 2.45) is 5.41 Å². The van der Waals surface area contributed by atoms with Gasteiger partial charge in [0.1, 0.15) is 0 Å². The molecule has 2 N–H and O–H groups in total. The summed E-state index contributed by atoms with van der Waals surface area (Å²) in [5, 5.41) is 12.9. The Hall–Kier alpha value is -0.930. The second-order valence-electron chi connectivity index (χ2n) is 5.60. The van der Waals surface area contributed by atoms with E-state index in [9.17, 15) is 5.11 Å². The zero-order chi connectivity index (χ0) is 12.9. The zero-order valence-electron chi connectivity index (χ0n) is 11.3. The lowest BCUT2D eigenvalue weighted by molar-refractivity contribution is 0.127. The largest absolute Gasteiger partial charge is 0.393 e. The molecule has 3 heteroatoms. The third-order valence-electron chi connectivity index (χ3n) is 2.94. The van der Waals surface area contributed by atoms with Crippen molar-refractivity contribution in [3.63, 3.8) is 0 Å². The Labute approximate surface area is 104 Å². The molecule has 1 rings (SSSR count). The predicted molar refractivity (Wildman–Crippen MR) is 70.7 cm³/mol. The third kappa shape index (κ3) is 5.29. The molecule has 0 saturated carbocycles. The van der Waals surface area contributed by atoms with Crippen molar-refractivity contribution in [2.45, 2.75) is 46.3 Å². The minimum Gasteiger partial charge on any atom is -0.393 e. The van der Waals surface area contributed by atoms with Crippen molar-refractivity contribution >= 4 is 0 Å². The molecule has 0 amide bonds. The molecule has 2 unspecified atom stereocenters. The maximum Gasteiger partial charge on any atom is 0.0517 e. The van der Waals surface area contributed by atoms with Crippen LogP contribution in [0.3, 0.4) is 0 Å². The van der Waals surface area contributed by atoms with Crippen molar-refractivity contribution in [2.75, 3.05) is 6.54 Å². The van der Waals surface area contributed by atoms with Gasteiger partial charge in [0.25, 0.3) is 0 Å².